The van der Waals surface area contributed by atoms with Crippen molar-refractivity contribution in [3.05, 3.63) is 99.9 Å². The van der Waals surface area contributed by atoms with Crippen molar-refractivity contribution in [1.82, 2.24) is 10.2 Å². The first-order chi connectivity index (χ1) is 20.1. The lowest BCUT2D eigenvalue weighted by atomic mass is 10.0. The molecule has 0 aromatic heterocycles. The molecule has 0 bridgehead atoms. The summed E-state index contributed by atoms with van der Waals surface area (Å²) in [4.78, 5) is 39.9. The number of nitro groups is 1. The van der Waals surface area contributed by atoms with Crippen LogP contribution < -0.4 is 14.4 Å². The van der Waals surface area contributed by atoms with Crippen LogP contribution in [0.25, 0.3) is 0 Å². The van der Waals surface area contributed by atoms with E-state index in [0.29, 0.717) is 9.87 Å². The molecule has 1 unspecified atom stereocenters. The Morgan fingerprint density at radius 1 is 1.02 bits per heavy atom. The van der Waals surface area contributed by atoms with Crippen LogP contribution >= 0.6 is 0 Å². The number of carbonyl (C=O) groups excluding carboxylic acids is 2. The first-order valence-corrected chi connectivity index (χ1v) is 15.1. The smallest absolute Gasteiger partial charge is 0.271 e. The van der Waals surface area contributed by atoms with Crippen molar-refractivity contribution in [2.24, 2.45) is 0 Å². The zero-order chi connectivity index (χ0) is 31.9. The summed E-state index contributed by atoms with van der Waals surface area (Å²) in [5.74, 6) is -1.76. The molecule has 1 atom stereocenters. The highest BCUT2D eigenvalue weighted by atomic mass is 32.2. The SMILES string of the molecule is COc1ccc([N+](=O)[O-])cc1N(CC(=O)N(Cc1ccc(F)cc1)C(Cc1ccccc1)C(=O)NC(C)(C)C)S(C)(=O)=O. The van der Waals surface area contributed by atoms with Gasteiger partial charge in [0.1, 0.15) is 29.8 Å². The van der Waals surface area contributed by atoms with Crippen LogP contribution in [0.15, 0.2) is 72.8 Å². The Morgan fingerprint density at radius 3 is 2.19 bits per heavy atom. The highest BCUT2D eigenvalue weighted by Gasteiger charge is 2.35. The number of anilines is 1. The fourth-order valence-corrected chi connectivity index (χ4v) is 5.22. The van der Waals surface area contributed by atoms with Crippen LogP contribution in [0, 0.1) is 15.9 Å². The lowest BCUT2D eigenvalue weighted by molar-refractivity contribution is -0.384. The lowest BCUT2D eigenvalue weighted by Crippen LogP contribution is -2.56. The third-order valence-corrected chi connectivity index (χ3v) is 7.48. The molecule has 11 nitrogen and oxygen atoms in total. The molecule has 230 valence electrons. The molecule has 1 N–H and O–H groups in total. The molecule has 3 aromatic rings. The molecule has 0 spiro atoms. The Kier molecular flexibility index (Phi) is 10.5. The van der Waals surface area contributed by atoms with Crippen molar-refractivity contribution in [3.63, 3.8) is 0 Å². The van der Waals surface area contributed by atoms with Crippen molar-refractivity contribution >= 4 is 33.2 Å². The van der Waals surface area contributed by atoms with Gasteiger partial charge in [0.15, 0.2) is 0 Å². The summed E-state index contributed by atoms with van der Waals surface area (Å²) in [5, 5.41) is 14.4. The Bertz CT molecular complexity index is 1560. The molecule has 0 heterocycles. The van der Waals surface area contributed by atoms with Gasteiger partial charge in [-0.3, -0.25) is 24.0 Å². The Morgan fingerprint density at radius 2 is 1.65 bits per heavy atom. The minimum absolute atomic E-state index is 0.0137. The van der Waals surface area contributed by atoms with Crippen LogP contribution in [0.1, 0.15) is 31.9 Å². The molecule has 0 aliphatic rings. The van der Waals surface area contributed by atoms with Crippen LogP contribution in [-0.2, 0) is 32.6 Å². The summed E-state index contributed by atoms with van der Waals surface area (Å²) in [6, 6.07) is 16.7. The van der Waals surface area contributed by atoms with E-state index in [-0.39, 0.29) is 24.4 Å². The number of ether oxygens (including phenoxy) is 1. The molecule has 0 aliphatic carbocycles. The summed E-state index contributed by atoms with van der Waals surface area (Å²) < 4.78 is 45.7. The van der Waals surface area contributed by atoms with Crippen molar-refractivity contribution in [1.29, 1.82) is 0 Å². The first-order valence-electron chi connectivity index (χ1n) is 13.3. The van der Waals surface area contributed by atoms with Crippen molar-refractivity contribution in [2.45, 2.75) is 45.3 Å². The number of nitro benzene ring substituents is 1. The molecular weight excluding hydrogens is 579 g/mol. The third kappa shape index (κ3) is 9.23. The predicted octanol–water partition coefficient (Wildman–Crippen LogP) is 4.06. The van der Waals surface area contributed by atoms with E-state index in [1.807, 2.05) is 6.07 Å². The second-order valence-electron chi connectivity index (χ2n) is 11.0. The normalized spacial score (nSPS) is 12.2. The monoisotopic (exact) mass is 614 g/mol. The van der Waals surface area contributed by atoms with Crippen LogP contribution in [0.3, 0.4) is 0 Å². The molecule has 0 saturated carbocycles. The Labute approximate surface area is 250 Å². The largest absolute Gasteiger partial charge is 0.495 e. The van der Waals surface area contributed by atoms with Crippen molar-refractivity contribution < 1.29 is 32.1 Å². The molecule has 3 aromatic carbocycles. The van der Waals surface area contributed by atoms with Gasteiger partial charge in [-0.15, -0.1) is 0 Å². The number of amides is 2. The fraction of sp³-hybridized carbons (Fsp3) is 0.333. The molecule has 3 rings (SSSR count). The minimum atomic E-state index is -4.20. The molecule has 2 amide bonds. The second-order valence-corrected chi connectivity index (χ2v) is 12.9. The van der Waals surface area contributed by atoms with E-state index in [2.05, 4.69) is 5.32 Å². The Hall–Kier alpha value is -4.52. The zero-order valence-electron chi connectivity index (χ0n) is 24.6. The minimum Gasteiger partial charge on any atom is -0.495 e. The zero-order valence-corrected chi connectivity index (χ0v) is 25.4. The summed E-state index contributed by atoms with van der Waals surface area (Å²) in [6.07, 6.45) is 0.950. The average Bonchev–Trinajstić information content (AvgIpc) is 2.93. The van der Waals surface area contributed by atoms with Gasteiger partial charge in [-0.1, -0.05) is 42.5 Å². The number of sulfonamides is 1. The predicted molar refractivity (Wildman–Crippen MR) is 161 cm³/mol. The number of rotatable bonds is 12. The Balaban J connectivity index is 2.14. The number of hydrogen-bond donors (Lipinski definition) is 1. The lowest BCUT2D eigenvalue weighted by Gasteiger charge is -2.35. The van der Waals surface area contributed by atoms with Gasteiger partial charge in [-0.2, -0.15) is 0 Å². The summed E-state index contributed by atoms with van der Waals surface area (Å²) in [6.45, 7) is 4.41. The van der Waals surface area contributed by atoms with Gasteiger partial charge in [0.25, 0.3) is 5.69 Å². The maximum Gasteiger partial charge on any atom is 0.271 e. The molecule has 0 radical (unpaired) electrons. The molecule has 43 heavy (non-hydrogen) atoms. The fourth-order valence-electron chi connectivity index (χ4n) is 4.37. The molecule has 0 fully saturated rings. The number of benzene rings is 3. The first kappa shape index (κ1) is 33.0. The number of carbonyl (C=O) groups is 2. The van der Waals surface area contributed by atoms with Gasteiger partial charge in [0.2, 0.25) is 21.8 Å². The highest BCUT2D eigenvalue weighted by molar-refractivity contribution is 7.92. The average molecular weight is 615 g/mol. The van der Waals surface area contributed by atoms with E-state index in [4.69, 9.17) is 4.74 Å². The molecule has 13 heteroatoms. The van der Waals surface area contributed by atoms with Gasteiger partial charge in [0, 0.05) is 30.6 Å². The summed E-state index contributed by atoms with van der Waals surface area (Å²) in [7, 11) is -2.94. The van der Waals surface area contributed by atoms with Gasteiger partial charge in [-0.25, -0.2) is 12.8 Å². The van der Waals surface area contributed by atoms with Gasteiger partial charge in [0.05, 0.1) is 18.3 Å². The standard InChI is InChI=1S/C30H35FN4O7S/c1-30(2,3)32-29(37)26(17-21-9-7-6-8-10-21)33(19-22-11-13-23(31)14-12-22)28(36)20-34(43(5,40)41)25-18-24(35(38)39)15-16-27(25)42-4/h6-16,18,26H,17,19-20H2,1-5H3,(H,32,37). The van der Waals surface area contributed by atoms with Crippen LogP contribution in [-0.4, -0.2) is 61.5 Å². The molecule has 0 saturated heterocycles. The van der Waals surface area contributed by atoms with Gasteiger partial charge >= 0.3 is 0 Å². The number of non-ortho nitro benzene ring substituents is 1. The van der Waals surface area contributed by atoms with E-state index >= 15 is 0 Å². The maximum atomic E-state index is 14.2. The second kappa shape index (κ2) is 13.6. The van der Waals surface area contributed by atoms with Gasteiger partial charge < -0.3 is 15.0 Å². The quantitative estimate of drug-likeness (QED) is 0.240. The summed E-state index contributed by atoms with van der Waals surface area (Å²) in [5.41, 5.74) is -0.0465. The van der Waals surface area contributed by atoms with E-state index in [0.717, 1.165) is 24.0 Å². The van der Waals surface area contributed by atoms with E-state index in [9.17, 15) is 32.5 Å². The van der Waals surface area contributed by atoms with Crippen molar-refractivity contribution in [2.75, 3.05) is 24.2 Å². The number of methoxy groups -OCH3 is 1. The topological polar surface area (TPSA) is 139 Å². The van der Waals surface area contributed by atoms with E-state index in [1.165, 1.54) is 42.3 Å². The van der Waals surface area contributed by atoms with Crippen LogP contribution in [0.2, 0.25) is 0 Å². The number of halogens is 1. The number of nitrogens with one attached hydrogen (secondary N) is 1. The number of hydrogen-bond acceptors (Lipinski definition) is 7. The van der Waals surface area contributed by atoms with E-state index < -0.39 is 56.4 Å². The number of nitrogens with zero attached hydrogens (tertiary/aromatic N) is 3. The maximum absolute atomic E-state index is 14.2. The molecular formula is C30H35FN4O7S. The van der Waals surface area contributed by atoms with Gasteiger partial charge in [-0.05, 0) is 50.1 Å². The van der Waals surface area contributed by atoms with Crippen LogP contribution in [0.5, 0.6) is 5.75 Å². The molecule has 0 aliphatic heterocycles. The third-order valence-electron chi connectivity index (χ3n) is 6.36. The van der Waals surface area contributed by atoms with E-state index in [1.54, 1.807) is 45.0 Å². The summed E-state index contributed by atoms with van der Waals surface area (Å²) >= 11 is 0. The van der Waals surface area contributed by atoms with Crippen molar-refractivity contribution in [3.8, 4) is 5.75 Å². The highest BCUT2D eigenvalue weighted by Crippen LogP contribution is 2.34. The van der Waals surface area contributed by atoms with Crippen LogP contribution in [0.4, 0.5) is 15.8 Å².